The Morgan fingerprint density at radius 2 is 1.90 bits per heavy atom. The number of hydrogen-bond acceptors (Lipinski definition) is 4. The van der Waals surface area contributed by atoms with Gasteiger partial charge in [0.15, 0.2) is 5.01 Å². The molecular weight excluding hydrogens is 287 g/mol. The minimum absolute atomic E-state index is 0.385. The maximum atomic E-state index is 12.6. The predicted octanol–water partition coefficient (Wildman–Crippen LogP) is 3.48. The van der Waals surface area contributed by atoms with E-state index in [1.807, 2.05) is 19.9 Å². The van der Waals surface area contributed by atoms with Gasteiger partial charge in [-0.2, -0.15) is 13.2 Å². The van der Waals surface area contributed by atoms with Gasteiger partial charge in [-0.3, -0.25) is 4.98 Å². The first kappa shape index (κ1) is 14.9. The molecule has 0 bridgehead atoms. The molecule has 0 aliphatic rings. The van der Waals surface area contributed by atoms with Crippen LogP contribution in [0.4, 0.5) is 13.2 Å². The van der Waals surface area contributed by atoms with Crippen LogP contribution >= 0.6 is 11.3 Å². The Balaban J connectivity index is 2.40. The van der Waals surface area contributed by atoms with Crippen molar-refractivity contribution in [3.05, 3.63) is 45.2 Å². The van der Waals surface area contributed by atoms with Crippen molar-refractivity contribution < 1.29 is 13.2 Å². The third-order valence-electron chi connectivity index (χ3n) is 2.87. The molecule has 1 atom stereocenters. The quantitative estimate of drug-likeness (QED) is 0.943. The van der Waals surface area contributed by atoms with Gasteiger partial charge in [0.05, 0.1) is 11.7 Å². The van der Waals surface area contributed by atoms with Crippen molar-refractivity contribution >= 4 is 11.3 Å². The lowest BCUT2D eigenvalue weighted by molar-refractivity contribution is -0.137. The normalized spacial score (nSPS) is 13.5. The molecule has 0 aliphatic carbocycles. The lowest BCUT2D eigenvalue weighted by atomic mass is 10.1. The fraction of sp³-hybridized carbons (Fsp3) is 0.385. The summed E-state index contributed by atoms with van der Waals surface area (Å²) in [5.74, 6) is 0. The maximum absolute atomic E-state index is 12.6. The fourth-order valence-electron chi connectivity index (χ4n) is 1.99. The highest BCUT2D eigenvalue weighted by molar-refractivity contribution is 7.11. The number of aromatic nitrogens is 2. The van der Waals surface area contributed by atoms with Gasteiger partial charge >= 0.3 is 6.18 Å². The van der Waals surface area contributed by atoms with Gasteiger partial charge in [-0.15, -0.1) is 11.3 Å². The average molecular weight is 301 g/mol. The topological polar surface area (TPSA) is 37.8 Å². The first-order chi connectivity index (χ1) is 9.32. The van der Waals surface area contributed by atoms with Crippen molar-refractivity contribution in [1.29, 1.82) is 0 Å². The van der Waals surface area contributed by atoms with E-state index in [1.165, 1.54) is 6.20 Å². The number of aryl methyl sites for hydroxylation is 2. The number of pyridine rings is 1. The van der Waals surface area contributed by atoms with Crippen LogP contribution in [-0.2, 0) is 6.18 Å². The van der Waals surface area contributed by atoms with Gasteiger partial charge in [0.2, 0.25) is 0 Å². The summed E-state index contributed by atoms with van der Waals surface area (Å²) in [7, 11) is 1.69. The Labute approximate surface area is 118 Å². The molecule has 20 heavy (non-hydrogen) atoms. The number of hydrogen-bond donors (Lipinski definition) is 1. The number of nitrogens with one attached hydrogen (secondary N) is 1. The second-order valence-corrected chi connectivity index (χ2v) is 5.56. The van der Waals surface area contributed by atoms with Crippen molar-refractivity contribution in [2.75, 3.05) is 7.05 Å². The molecule has 0 saturated carbocycles. The van der Waals surface area contributed by atoms with E-state index in [-0.39, 0.29) is 6.04 Å². The van der Waals surface area contributed by atoms with E-state index in [1.54, 1.807) is 13.2 Å². The van der Waals surface area contributed by atoms with Crippen LogP contribution in [0.2, 0.25) is 0 Å². The summed E-state index contributed by atoms with van der Waals surface area (Å²) in [4.78, 5) is 8.29. The SMILES string of the molecule is CNC(c1cnc(C(F)(F)F)s1)c1ncc(C)cc1C. The highest BCUT2D eigenvalue weighted by atomic mass is 32.1. The summed E-state index contributed by atoms with van der Waals surface area (Å²) >= 11 is 0.642. The Kier molecular flexibility index (Phi) is 4.10. The van der Waals surface area contributed by atoms with Crippen LogP contribution in [0.5, 0.6) is 0 Å². The monoisotopic (exact) mass is 301 g/mol. The summed E-state index contributed by atoms with van der Waals surface area (Å²) in [6.07, 6.45) is -1.44. The second kappa shape index (κ2) is 5.49. The van der Waals surface area contributed by atoms with Crippen molar-refractivity contribution in [2.45, 2.75) is 26.1 Å². The van der Waals surface area contributed by atoms with Crippen LogP contribution in [0.25, 0.3) is 0 Å². The van der Waals surface area contributed by atoms with Crippen LogP contribution in [0.1, 0.15) is 32.7 Å². The highest BCUT2D eigenvalue weighted by Gasteiger charge is 2.35. The summed E-state index contributed by atoms with van der Waals surface area (Å²) in [5.41, 5.74) is 2.67. The average Bonchev–Trinajstić information content (AvgIpc) is 2.82. The zero-order chi connectivity index (χ0) is 14.9. The fourth-order valence-corrected chi connectivity index (χ4v) is 2.89. The van der Waals surface area contributed by atoms with Gasteiger partial charge in [0.25, 0.3) is 0 Å². The van der Waals surface area contributed by atoms with Gasteiger partial charge in [-0.05, 0) is 32.0 Å². The molecule has 0 spiro atoms. The van der Waals surface area contributed by atoms with Gasteiger partial charge in [-0.1, -0.05) is 6.07 Å². The summed E-state index contributed by atoms with van der Waals surface area (Å²) < 4.78 is 37.8. The Morgan fingerprint density at radius 1 is 1.20 bits per heavy atom. The first-order valence-corrected chi connectivity index (χ1v) is 6.78. The van der Waals surface area contributed by atoms with Crippen molar-refractivity contribution in [1.82, 2.24) is 15.3 Å². The molecule has 1 N–H and O–H groups in total. The zero-order valence-electron chi connectivity index (χ0n) is 11.2. The predicted molar refractivity (Wildman–Crippen MR) is 71.7 cm³/mol. The van der Waals surface area contributed by atoms with Crippen LogP contribution < -0.4 is 5.32 Å². The van der Waals surface area contributed by atoms with E-state index in [0.717, 1.165) is 16.8 Å². The molecule has 0 radical (unpaired) electrons. The van der Waals surface area contributed by atoms with E-state index in [4.69, 9.17) is 0 Å². The molecule has 0 aromatic carbocycles. The molecule has 2 aromatic heterocycles. The van der Waals surface area contributed by atoms with Crippen molar-refractivity contribution in [3.63, 3.8) is 0 Å². The van der Waals surface area contributed by atoms with Gasteiger partial charge in [-0.25, -0.2) is 4.98 Å². The Hall–Kier alpha value is -1.47. The van der Waals surface area contributed by atoms with Gasteiger partial charge in [0.1, 0.15) is 0 Å². The molecule has 0 amide bonds. The maximum Gasteiger partial charge on any atom is 0.443 e. The van der Waals surface area contributed by atoms with Crippen molar-refractivity contribution in [3.8, 4) is 0 Å². The number of halogens is 3. The minimum atomic E-state index is -4.41. The number of nitrogens with zero attached hydrogens (tertiary/aromatic N) is 2. The molecule has 1 unspecified atom stereocenters. The molecule has 108 valence electrons. The molecule has 3 nitrogen and oxygen atoms in total. The molecule has 2 heterocycles. The lowest BCUT2D eigenvalue weighted by Crippen LogP contribution is -2.19. The number of thiazole rings is 1. The van der Waals surface area contributed by atoms with E-state index >= 15 is 0 Å². The Bertz CT molecular complexity index is 607. The number of alkyl halides is 3. The zero-order valence-corrected chi connectivity index (χ0v) is 12.1. The standard InChI is InChI=1S/C13H14F3N3S/c1-7-4-8(2)10(18-5-7)11(17-3)9-6-19-12(20-9)13(14,15)16/h4-6,11,17H,1-3H3. The highest BCUT2D eigenvalue weighted by Crippen LogP contribution is 2.36. The minimum Gasteiger partial charge on any atom is -0.307 e. The first-order valence-electron chi connectivity index (χ1n) is 5.96. The summed E-state index contributed by atoms with van der Waals surface area (Å²) in [6.45, 7) is 3.82. The molecule has 2 aromatic rings. The van der Waals surface area contributed by atoms with E-state index in [0.29, 0.717) is 16.2 Å². The van der Waals surface area contributed by atoms with Gasteiger partial charge in [0, 0.05) is 17.3 Å². The third kappa shape index (κ3) is 2.99. The largest absolute Gasteiger partial charge is 0.443 e. The third-order valence-corrected chi connectivity index (χ3v) is 3.98. The van der Waals surface area contributed by atoms with Crippen LogP contribution in [-0.4, -0.2) is 17.0 Å². The second-order valence-electron chi connectivity index (χ2n) is 4.50. The molecule has 2 rings (SSSR count). The summed E-state index contributed by atoms with van der Waals surface area (Å²) in [5, 5.41) is 2.16. The molecule has 7 heteroatoms. The lowest BCUT2D eigenvalue weighted by Gasteiger charge is -2.16. The molecule has 0 saturated heterocycles. The molecular formula is C13H14F3N3S. The van der Waals surface area contributed by atoms with E-state index in [9.17, 15) is 13.2 Å². The Morgan fingerprint density at radius 3 is 2.40 bits per heavy atom. The smallest absolute Gasteiger partial charge is 0.307 e. The van der Waals surface area contributed by atoms with Crippen LogP contribution in [0.15, 0.2) is 18.5 Å². The summed E-state index contributed by atoms with van der Waals surface area (Å²) in [6, 6.07) is 1.57. The van der Waals surface area contributed by atoms with E-state index in [2.05, 4.69) is 15.3 Å². The van der Waals surface area contributed by atoms with Crippen LogP contribution in [0.3, 0.4) is 0 Å². The van der Waals surface area contributed by atoms with Gasteiger partial charge < -0.3 is 5.32 Å². The number of rotatable bonds is 3. The molecule has 0 aliphatic heterocycles. The van der Waals surface area contributed by atoms with Crippen LogP contribution in [0, 0.1) is 13.8 Å². The van der Waals surface area contributed by atoms with Crippen molar-refractivity contribution in [2.24, 2.45) is 0 Å². The molecule has 0 fully saturated rings. The van der Waals surface area contributed by atoms with E-state index < -0.39 is 11.2 Å².